The highest BCUT2D eigenvalue weighted by atomic mass is 16.5. The predicted octanol–water partition coefficient (Wildman–Crippen LogP) is 2.69. The van der Waals surface area contributed by atoms with Crippen LogP contribution in [0.1, 0.15) is 38.2 Å². The summed E-state index contributed by atoms with van der Waals surface area (Å²) < 4.78 is 5.49. The molecule has 1 fully saturated rings. The van der Waals surface area contributed by atoms with Gasteiger partial charge in [0.05, 0.1) is 12.0 Å². The monoisotopic (exact) mass is 276 g/mol. The minimum absolute atomic E-state index is 0.0344. The molecule has 0 radical (unpaired) electrons. The van der Waals surface area contributed by atoms with E-state index < -0.39 is 0 Å². The number of benzene rings is 1. The van der Waals surface area contributed by atoms with Crippen molar-refractivity contribution in [3.63, 3.8) is 0 Å². The first-order valence-electron chi connectivity index (χ1n) is 7.32. The summed E-state index contributed by atoms with van der Waals surface area (Å²) in [4.78, 5) is 12.1. The van der Waals surface area contributed by atoms with Crippen molar-refractivity contribution in [2.45, 2.75) is 44.8 Å². The largest absolute Gasteiger partial charge is 0.378 e. The van der Waals surface area contributed by atoms with Crippen molar-refractivity contribution >= 4 is 11.6 Å². The molecule has 0 unspecified atom stereocenters. The second-order valence-electron chi connectivity index (χ2n) is 5.45. The lowest BCUT2D eigenvalue weighted by molar-refractivity contribution is -0.129. The Labute approximate surface area is 120 Å². The number of carbonyl (C=O) groups excluding carboxylic acids is 1. The number of hydrogen-bond acceptors (Lipinski definition) is 3. The average Bonchev–Trinajstić information content (AvgIpc) is 2.41. The third-order valence-corrected chi connectivity index (χ3v) is 3.97. The van der Waals surface area contributed by atoms with Crippen molar-refractivity contribution in [3.8, 4) is 0 Å². The second kappa shape index (κ2) is 6.86. The molecule has 0 aromatic heterocycles. The van der Waals surface area contributed by atoms with Gasteiger partial charge in [-0.3, -0.25) is 4.79 Å². The molecule has 1 amide bonds. The van der Waals surface area contributed by atoms with E-state index in [1.807, 2.05) is 18.2 Å². The number of ether oxygens (including phenoxy) is 1. The van der Waals surface area contributed by atoms with Crippen LogP contribution in [0.25, 0.3) is 0 Å². The fourth-order valence-electron chi connectivity index (χ4n) is 2.55. The van der Waals surface area contributed by atoms with E-state index in [0.29, 0.717) is 6.42 Å². The Bertz CT molecular complexity index is 450. The third-order valence-electron chi connectivity index (χ3n) is 3.97. The van der Waals surface area contributed by atoms with E-state index in [0.717, 1.165) is 38.0 Å². The maximum absolute atomic E-state index is 12.1. The molecular weight excluding hydrogens is 252 g/mol. The van der Waals surface area contributed by atoms with Gasteiger partial charge >= 0.3 is 0 Å². The first-order chi connectivity index (χ1) is 9.67. The molecule has 0 heterocycles. The quantitative estimate of drug-likeness (QED) is 0.805. The Morgan fingerprint density at radius 3 is 2.80 bits per heavy atom. The topological polar surface area (TPSA) is 50.4 Å². The van der Waals surface area contributed by atoms with Gasteiger partial charge in [-0.1, -0.05) is 19.1 Å². The molecule has 0 bridgehead atoms. The Kier molecular flexibility index (Phi) is 5.15. The zero-order chi connectivity index (χ0) is 14.4. The van der Waals surface area contributed by atoms with Crippen LogP contribution < -0.4 is 10.6 Å². The molecule has 2 rings (SSSR count). The van der Waals surface area contributed by atoms with E-state index in [4.69, 9.17) is 4.74 Å². The van der Waals surface area contributed by atoms with Gasteiger partial charge < -0.3 is 15.4 Å². The van der Waals surface area contributed by atoms with Gasteiger partial charge in [0.15, 0.2) is 0 Å². The average molecular weight is 276 g/mol. The van der Waals surface area contributed by atoms with Crippen molar-refractivity contribution in [2.24, 2.45) is 0 Å². The number of methoxy groups -OCH3 is 1. The Balaban J connectivity index is 1.90. The lowest BCUT2D eigenvalue weighted by Crippen LogP contribution is -2.42. The van der Waals surface area contributed by atoms with Crippen molar-refractivity contribution in [1.29, 1.82) is 0 Å². The smallest absolute Gasteiger partial charge is 0.227 e. The molecule has 0 saturated heterocycles. The van der Waals surface area contributed by atoms with Crippen LogP contribution in [0.3, 0.4) is 0 Å². The highest BCUT2D eigenvalue weighted by Crippen LogP contribution is 2.38. The highest BCUT2D eigenvalue weighted by Gasteiger charge is 2.38. The standard InChI is InChI=1S/C16H24N2O2/c1-3-17-12-13-6-4-7-14(10-13)18-15(19)11-16(20-2)8-5-9-16/h4,6-7,10,17H,3,5,8-9,11-12H2,1-2H3,(H,18,19). The molecular formula is C16H24N2O2. The highest BCUT2D eigenvalue weighted by molar-refractivity contribution is 5.91. The summed E-state index contributed by atoms with van der Waals surface area (Å²) in [7, 11) is 1.70. The summed E-state index contributed by atoms with van der Waals surface area (Å²) in [6, 6.07) is 7.97. The summed E-state index contributed by atoms with van der Waals surface area (Å²) in [5, 5.41) is 6.25. The molecule has 1 saturated carbocycles. The molecule has 0 aliphatic heterocycles. The van der Waals surface area contributed by atoms with Gasteiger partial charge in [0, 0.05) is 19.3 Å². The summed E-state index contributed by atoms with van der Waals surface area (Å²) in [5.74, 6) is 0.0344. The number of rotatable bonds is 7. The van der Waals surface area contributed by atoms with Crippen LogP contribution in [-0.2, 0) is 16.1 Å². The first kappa shape index (κ1) is 15.0. The molecule has 1 aliphatic carbocycles. The van der Waals surface area contributed by atoms with Crippen molar-refractivity contribution in [3.05, 3.63) is 29.8 Å². The van der Waals surface area contributed by atoms with Crippen LogP contribution in [0.4, 0.5) is 5.69 Å². The Hall–Kier alpha value is -1.39. The number of anilines is 1. The van der Waals surface area contributed by atoms with E-state index in [-0.39, 0.29) is 11.5 Å². The van der Waals surface area contributed by atoms with Crippen LogP contribution in [0.2, 0.25) is 0 Å². The summed E-state index contributed by atoms with van der Waals surface area (Å²) >= 11 is 0. The van der Waals surface area contributed by atoms with Gasteiger partial charge in [-0.25, -0.2) is 0 Å². The first-order valence-corrected chi connectivity index (χ1v) is 7.32. The molecule has 1 aromatic rings. The minimum Gasteiger partial charge on any atom is -0.378 e. The Morgan fingerprint density at radius 1 is 1.40 bits per heavy atom. The molecule has 4 heteroatoms. The number of hydrogen-bond donors (Lipinski definition) is 2. The van der Waals surface area contributed by atoms with Gasteiger partial charge in [0.2, 0.25) is 5.91 Å². The molecule has 110 valence electrons. The zero-order valence-electron chi connectivity index (χ0n) is 12.4. The summed E-state index contributed by atoms with van der Waals surface area (Å²) in [6.07, 6.45) is 3.56. The Morgan fingerprint density at radius 2 is 2.20 bits per heavy atom. The van der Waals surface area contributed by atoms with Gasteiger partial charge in [0.1, 0.15) is 0 Å². The lowest BCUT2D eigenvalue weighted by atomic mass is 9.77. The maximum atomic E-state index is 12.1. The summed E-state index contributed by atoms with van der Waals surface area (Å²) in [6.45, 7) is 3.84. The van der Waals surface area contributed by atoms with Crippen LogP contribution in [-0.4, -0.2) is 25.2 Å². The van der Waals surface area contributed by atoms with Gasteiger partial charge in [-0.15, -0.1) is 0 Å². The zero-order valence-corrected chi connectivity index (χ0v) is 12.4. The van der Waals surface area contributed by atoms with E-state index in [1.165, 1.54) is 5.56 Å². The molecule has 2 N–H and O–H groups in total. The second-order valence-corrected chi connectivity index (χ2v) is 5.45. The van der Waals surface area contributed by atoms with Gasteiger partial charge in [-0.2, -0.15) is 0 Å². The SMILES string of the molecule is CCNCc1cccc(NC(=O)CC2(OC)CCC2)c1. The van der Waals surface area contributed by atoms with E-state index in [9.17, 15) is 4.79 Å². The van der Waals surface area contributed by atoms with Crippen LogP contribution in [0, 0.1) is 0 Å². The minimum atomic E-state index is -0.217. The van der Waals surface area contributed by atoms with Gasteiger partial charge in [0.25, 0.3) is 0 Å². The van der Waals surface area contributed by atoms with E-state index in [2.05, 4.69) is 23.6 Å². The van der Waals surface area contributed by atoms with E-state index >= 15 is 0 Å². The van der Waals surface area contributed by atoms with Crippen LogP contribution >= 0.6 is 0 Å². The molecule has 20 heavy (non-hydrogen) atoms. The third kappa shape index (κ3) is 3.81. The number of carbonyl (C=O) groups is 1. The fraction of sp³-hybridized carbons (Fsp3) is 0.562. The van der Waals surface area contributed by atoms with E-state index in [1.54, 1.807) is 7.11 Å². The molecule has 0 atom stereocenters. The van der Waals surface area contributed by atoms with Crippen LogP contribution in [0.5, 0.6) is 0 Å². The summed E-state index contributed by atoms with van der Waals surface area (Å²) in [5.41, 5.74) is 1.82. The maximum Gasteiger partial charge on any atom is 0.227 e. The molecule has 1 aromatic carbocycles. The predicted molar refractivity (Wildman–Crippen MR) is 80.7 cm³/mol. The molecule has 1 aliphatic rings. The molecule has 0 spiro atoms. The molecule has 4 nitrogen and oxygen atoms in total. The fourth-order valence-corrected chi connectivity index (χ4v) is 2.55. The number of nitrogens with one attached hydrogen (secondary N) is 2. The van der Waals surface area contributed by atoms with Crippen LogP contribution in [0.15, 0.2) is 24.3 Å². The number of amides is 1. The van der Waals surface area contributed by atoms with Crippen molar-refractivity contribution < 1.29 is 9.53 Å². The normalized spacial score (nSPS) is 16.5. The van der Waals surface area contributed by atoms with Crippen molar-refractivity contribution in [2.75, 3.05) is 19.0 Å². The van der Waals surface area contributed by atoms with Crippen molar-refractivity contribution in [1.82, 2.24) is 5.32 Å². The van der Waals surface area contributed by atoms with Gasteiger partial charge in [-0.05, 0) is 43.5 Å². The lowest BCUT2D eigenvalue weighted by Gasteiger charge is -2.39.